The summed E-state index contributed by atoms with van der Waals surface area (Å²) in [6.45, 7) is 23.4. The number of esters is 1. The second-order valence-corrected chi connectivity index (χ2v) is 22.6. The number of ketones is 1. The molecule has 11 nitrogen and oxygen atoms in total. The molecule has 7 rings (SSSR count). The van der Waals surface area contributed by atoms with Crippen molar-refractivity contribution in [3.8, 4) is 0 Å². The van der Waals surface area contributed by atoms with Crippen molar-refractivity contribution in [2.24, 2.45) is 62.6 Å². The number of carbonyl (C=O) groups excluding carboxylic acids is 4. The van der Waals surface area contributed by atoms with E-state index in [1.807, 2.05) is 13.8 Å². The smallest absolute Gasteiger partial charge is 0.309 e. The van der Waals surface area contributed by atoms with Crippen LogP contribution in [0.4, 0.5) is 5.13 Å². The number of hydrogen-bond donors (Lipinski definition) is 4. The maximum absolute atomic E-state index is 14.3. The summed E-state index contributed by atoms with van der Waals surface area (Å²) in [6.07, 6.45) is 7.60. The number of carbonyl (C=O) groups is 5. The van der Waals surface area contributed by atoms with Crippen LogP contribution in [0.5, 0.6) is 0 Å². The highest BCUT2D eigenvalue weighted by Gasteiger charge is 2.71. The van der Waals surface area contributed by atoms with Gasteiger partial charge in [0.25, 0.3) is 5.91 Å². The number of aliphatic carboxylic acids is 1. The fraction of sp³-hybridized carbons (Fsp3) is 0.778. The quantitative estimate of drug-likeness (QED) is 0.191. The van der Waals surface area contributed by atoms with Gasteiger partial charge in [0.05, 0.1) is 17.4 Å². The van der Waals surface area contributed by atoms with Gasteiger partial charge in [-0.15, -0.1) is 11.3 Å². The molecule has 57 heavy (non-hydrogen) atoms. The van der Waals surface area contributed by atoms with Gasteiger partial charge >= 0.3 is 11.9 Å². The number of nitrogens with two attached hydrogens (primary N) is 1. The Bertz CT molecular complexity index is 1930. The van der Waals surface area contributed by atoms with Crippen molar-refractivity contribution in [2.45, 2.75) is 158 Å². The summed E-state index contributed by atoms with van der Waals surface area (Å²) in [5.74, 6) is -1.81. The molecule has 0 aliphatic heterocycles. The Labute approximate surface area is 342 Å². The number of carboxylic acid groups (broad SMARTS) is 1. The Balaban J connectivity index is 1.14. The van der Waals surface area contributed by atoms with Crippen molar-refractivity contribution in [2.75, 3.05) is 5.73 Å². The van der Waals surface area contributed by atoms with Gasteiger partial charge in [-0.3, -0.25) is 24.0 Å². The third-order valence-electron chi connectivity index (χ3n) is 17.6. The molecule has 5 N–H and O–H groups in total. The Morgan fingerprint density at radius 3 is 2.19 bits per heavy atom. The minimum Gasteiger partial charge on any atom is -0.481 e. The zero-order chi connectivity index (χ0) is 42.1. The number of nitrogens with one attached hydrogen (secondary N) is 2. The number of carboxylic acids is 1. The summed E-state index contributed by atoms with van der Waals surface area (Å²) in [5.41, 5.74) is 4.86. The number of Topliss-reactive ketones (excluding diaryl/α,β-unsaturated/α-hetero) is 1. The Morgan fingerprint density at radius 2 is 1.60 bits per heavy atom. The van der Waals surface area contributed by atoms with E-state index >= 15 is 0 Å². The van der Waals surface area contributed by atoms with E-state index in [9.17, 15) is 29.1 Å². The first-order valence-electron chi connectivity index (χ1n) is 21.3. The second kappa shape index (κ2) is 13.4. The van der Waals surface area contributed by atoms with Crippen LogP contribution in [0.1, 0.15) is 151 Å². The summed E-state index contributed by atoms with van der Waals surface area (Å²) in [4.78, 5) is 71.0. The van der Waals surface area contributed by atoms with Crippen LogP contribution in [0.15, 0.2) is 16.5 Å². The van der Waals surface area contributed by atoms with Gasteiger partial charge in [-0.25, -0.2) is 4.98 Å². The van der Waals surface area contributed by atoms with Gasteiger partial charge in [0, 0.05) is 17.2 Å². The van der Waals surface area contributed by atoms with E-state index in [0.717, 1.165) is 56.1 Å². The number of amides is 2. The highest BCUT2D eigenvalue weighted by molar-refractivity contribution is 7.13. The standard InChI is InChI=1S/C45H66N4O7S/c1-23(2)32-28(50)21-45(49-37(55)41(7,8)48-34(51)27-22-57-38(46)47-27)19-18-43(10)24(33(32)45)12-13-30-42(9)16-15-31(40(5,6)29(42)14-17-44(30,43)11)56-36(54)26-20-25(35(52)53)39(26,3)4/h22-26,29-31H,12-21H2,1-11H3,(H2,46,47)(H,48,51)(H,49,55)(H,52,53)/t24-,25+,26-,29?,30-,31+,42+,43-,44-,45-/m1/s1. The number of nitrogens with zero attached hydrogens (tertiary/aromatic N) is 1. The first-order valence-corrected chi connectivity index (χ1v) is 22.2. The summed E-state index contributed by atoms with van der Waals surface area (Å²) in [5, 5.41) is 17.8. The molecule has 0 spiro atoms. The summed E-state index contributed by atoms with van der Waals surface area (Å²) in [6, 6.07) is 0. The Morgan fingerprint density at radius 1 is 0.912 bits per heavy atom. The zero-order valence-electron chi connectivity index (χ0n) is 36.0. The molecule has 5 saturated carbocycles. The van der Waals surface area contributed by atoms with Crippen molar-refractivity contribution in [3.05, 3.63) is 22.2 Å². The molecule has 1 unspecified atom stereocenters. The van der Waals surface area contributed by atoms with Crippen molar-refractivity contribution in [3.63, 3.8) is 0 Å². The second-order valence-electron chi connectivity index (χ2n) is 21.7. The molecule has 6 aliphatic rings. The Hall–Kier alpha value is -3.28. The maximum Gasteiger partial charge on any atom is 0.309 e. The minimum absolute atomic E-state index is 0.00885. The largest absolute Gasteiger partial charge is 0.481 e. The molecule has 0 saturated heterocycles. The first kappa shape index (κ1) is 41.9. The van der Waals surface area contributed by atoms with E-state index in [1.165, 1.54) is 11.3 Å². The summed E-state index contributed by atoms with van der Waals surface area (Å²) < 4.78 is 6.40. The molecular weight excluding hydrogens is 741 g/mol. The Kier molecular flexibility index (Phi) is 9.82. The molecule has 0 radical (unpaired) electrons. The third-order valence-corrected chi connectivity index (χ3v) is 18.3. The molecule has 1 aromatic heterocycles. The van der Waals surface area contributed by atoms with Crippen LogP contribution in [0.3, 0.4) is 0 Å². The van der Waals surface area contributed by atoms with Gasteiger partial charge in [-0.1, -0.05) is 62.3 Å². The lowest BCUT2D eigenvalue weighted by Gasteiger charge is -2.72. The average molecular weight is 807 g/mol. The van der Waals surface area contributed by atoms with Gasteiger partial charge in [0.1, 0.15) is 17.3 Å². The van der Waals surface area contributed by atoms with Crippen molar-refractivity contribution >= 4 is 46.0 Å². The van der Waals surface area contributed by atoms with Crippen molar-refractivity contribution in [1.82, 2.24) is 15.6 Å². The van der Waals surface area contributed by atoms with Crippen LogP contribution in [0.2, 0.25) is 0 Å². The lowest BCUT2D eigenvalue weighted by atomic mass is 9.33. The molecule has 1 aromatic rings. The van der Waals surface area contributed by atoms with E-state index in [0.29, 0.717) is 24.7 Å². The molecule has 1 heterocycles. The van der Waals surface area contributed by atoms with Crippen LogP contribution < -0.4 is 16.4 Å². The molecule has 6 aliphatic carbocycles. The van der Waals surface area contributed by atoms with Gasteiger partial charge in [0.2, 0.25) is 5.91 Å². The average Bonchev–Trinajstić information content (AvgIpc) is 3.65. The lowest BCUT2D eigenvalue weighted by molar-refractivity contribution is -0.235. The van der Waals surface area contributed by atoms with Gasteiger partial charge in [-0.05, 0) is 128 Å². The maximum atomic E-state index is 14.3. The molecule has 5 fully saturated rings. The lowest BCUT2D eigenvalue weighted by Crippen LogP contribution is -2.68. The van der Waals surface area contributed by atoms with Crippen LogP contribution in [0.25, 0.3) is 0 Å². The predicted molar refractivity (Wildman–Crippen MR) is 219 cm³/mol. The highest BCUT2D eigenvalue weighted by Crippen LogP contribution is 2.76. The van der Waals surface area contributed by atoms with Crippen molar-refractivity contribution < 1.29 is 33.8 Å². The van der Waals surface area contributed by atoms with Crippen molar-refractivity contribution in [1.29, 1.82) is 0 Å². The van der Waals surface area contributed by atoms with E-state index in [2.05, 4.69) is 64.1 Å². The fourth-order valence-electron chi connectivity index (χ4n) is 14.1. The topological polar surface area (TPSA) is 178 Å². The predicted octanol–water partition coefficient (Wildman–Crippen LogP) is 7.74. The summed E-state index contributed by atoms with van der Waals surface area (Å²) in [7, 11) is 0. The molecule has 0 bridgehead atoms. The van der Waals surface area contributed by atoms with E-state index in [-0.39, 0.29) is 74.5 Å². The number of ether oxygens (including phenoxy) is 1. The van der Waals surface area contributed by atoms with Gasteiger partial charge in [0.15, 0.2) is 10.9 Å². The van der Waals surface area contributed by atoms with Gasteiger partial charge < -0.3 is 26.2 Å². The van der Waals surface area contributed by atoms with E-state index < -0.39 is 40.2 Å². The van der Waals surface area contributed by atoms with E-state index in [4.69, 9.17) is 10.5 Å². The molecule has 0 aromatic carbocycles. The molecule has 314 valence electrons. The van der Waals surface area contributed by atoms with E-state index in [1.54, 1.807) is 19.2 Å². The molecular formula is C45H66N4O7S. The van der Waals surface area contributed by atoms with Crippen LogP contribution in [-0.4, -0.2) is 56.8 Å². The third kappa shape index (κ3) is 6.05. The monoisotopic (exact) mass is 806 g/mol. The molecule has 12 heteroatoms. The van der Waals surface area contributed by atoms with Gasteiger partial charge in [-0.2, -0.15) is 0 Å². The minimum atomic E-state index is -1.27. The number of anilines is 1. The molecule has 2 amide bonds. The number of fused-ring (bicyclic) bond motifs is 7. The summed E-state index contributed by atoms with van der Waals surface area (Å²) >= 11 is 1.17. The number of rotatable bonds is 8. The van der Waals surface area contributed by atoms with Crippen LogP contribution in [-0.2, 0) is 23.9 Å². The highest BCUT2D eigenvalue weighted by atomic mass is 32.1. The fourth-order valence-corrected chi connectivity index (χ4v) is 14.6. The van der Waals surface area contributed by atoms with Crippen LogP contribution >= 0.6 is 11.3 Å². The normalized spacial score (nSPS) is 39.2. The SMILES string of the molecule is CC(C)C1=C2[C@H]3CC[C@@H]4[C@@]5(C)CC[C@H](OC(=O)[C@H]6C[C@@H](C(=O)O)C6(C)C)C(C)(C)C5CC[C@@]4(C)[C@]3(C)CC[C@@]2(NC(=O)C(C)(C)NC(=O)c2csc(N)n2)CC1=O. The number of nitrogen functional groups attached to an aromatic ring is 1. The zero-order valence-corrected chi connectivity index (χ0v) is 36.8. The van der Waals surface area contributed by atoms with Crippen LogP contribution in [0, 0.1) is 62.6 Å². The first-order chi connectivity index (χ1) is 26.3. The number of thiazole rings is 1. The molecule has 10 atom stereocenters. The number of hydrogen-bond acceptors (Lipinski definition) is 9. The number of aromatic nitrogens is 1. The number of allylic oxidation sites excluding steroid dienone is 1.